The van der Waals surface area contributed by atoms with E-state index >= 15 is 4.39 Å². The lowest BCUT2D eigenvalue weighted by Gasteiger charge is -2.23. The zero-order valence-corrected chi connectivity index (χ0v) is 23.3. The Balaban J connectivity index is 1.53. The van der Waals surface area contributed by atoms with Gasteiger partial charge in [-0.15, -0.1) is 11.8 Å². The highest BCUT2D eigenvalue weighted by atomic mass is 32.2. The molecule has 216 valence electrons. The number of carbonyl (C=O) groups excluding carboxylic acids is 2. The molecule has 1 saturated heterocycles. The third-order valence-electron chi connectivity index (χ3n) is 7.31. The minimum Gasteiger partial charge on any atom is -0.376 e. The Morgan fingerprint density at radius 1 is 1.02 bits per heavy atom. The van der Waals surface area contributed by atoms with E-state index in [0.717, 1.165) is 18.9 Å². The first-order valence-electron chi connectivity index (χ1n) is 13.6. The van der Waals surface area contributed by atoms with Gasteiger partial charge in [-0.3, -0.25) is 14.5 Å². The summed E-state index contributed by atoms with van der Waals surface area (Å²) in [7, 11) is 0. The first kappa shape index (κ1) is 28.0. The maximum absolute atomic E-state index is 15.3. The Hall–Kier alpha value is -4.09. The molecule has 7 nitrogen and oxygen atoms in total. The maximum Gasteiger partial charge on any atom is 0.240 e. The van der Waals surface area contributed by atoms with Crippen molar-refractivity contribution in [3.05, 3.63) is 101 Å². The number of hydrogen-bond acceptors (Lipinski definition) is 5. The van der Waals surface area contributed by atoms with Crippen molar-refractivity contribution in [2.45, 2.75) is 24.2 Å². The Bertz CT molecular complexity index is 1610. The smallest absolute Gasteiger partial charge is 0.240 e. The number of amides is 2. The molecule has 6 rings (SSSR count). The van der Waals surface area contributed by atoms with E-state index in [9.17, 15) is 18.4 Å². The Morgan fingerprint density at radius 2 is 1.79 bits per heavy atom. The molecule has 1 aromatic heterocycles. The second-order valence-corrected chi connectivity index (χ2v) is 11.2. The van der Waals surface area contributed by atoms with Crippen molar-refractivity contribution in [3.63, 3.8) is 0 Å². The molecule has 0 saturated carbocycles. The van der Waals surface area contributed by atoms with Crippen LogP contribution in [0.1, 0.15) is 29.2 Å². The molecule has 2 unspecified atom stereocenters. The quantitative estimate of drug-likeness (QED) is 0.310. The fraction of sp³-hybridized carbons (Fsp3) is 0.258. The van der Waals surface area contributed by atoms with E-state index in [1.807, 2.05) is 30.3 Å². The van der Waals surface area contributed by atoms with E-state index in [2.05, 4.69) is 5.32 Å². The van der Waals surface area contributed by atoms with Crippen LogP contribution in [0.25, 0.3) is 16.9 Å². The van der Waals surface area contributed by atoms with E-state index in [0.29, 0.717) is 35.7 Å². The number of hydrogen-bond donors (Lipinski definition) is 1. The lowest BCUT2D eigenvalue weighted by Crippen LogP contribution is -2.44. The average Bonchev–Trinajstić information content (AvgIpc) is 3.62. The summed E-state index contributed by atoms with van der Waals surface area (Å²) < 4.78 is 50.3. The SMILES string of the molecule is O=C(CN1C(=O)CSC(c2ccc(F)cc2F)c2c(-c3ccccc3)nn(-c3ccc(F)cc3)c21)NCC1CCCO1. The molecular formula is C31H27F3N4O3S. The van der Waals surface area contributed by atoms with Crippen LogP contribution in [0.5, 0.6) is 0 Å². The van der Waals surface area contributed by atoms with Crippen molar-refractivity contribution in [1.29, 1.82) is 0 Å². The number of rotatable bonds is 7. The topological polar surface area (TPSA) is 76.5 Å². The first-order valence-corrected chi connectivity index (χ1v) is 14.6. The van der Waals surface area contributed by atoms with E-state index in [-0.39, 0.29) is 35.7 Å². The summed E-state index contributed by atoms with van der Waals surface area (Å²) in [5.74, 6) is -2.54. The van der Waals surface area contributed by atoms with Gasteiger partial charge in [0.15, 0.2) is 0 Å². The van der Waals surface area contributed by atoms with Gasteiger partial charge in [-0.05, 0) is 43.2 Å². The van der Waals surface area contributed by atoms with Crippen molar-refractivity contribution in [3.8, 4) is 16.9 Å². The molecule has 0 bridgehead atoms. The molecule has 4 aromatic rings. The Labute approximate surface area is 244 Å². The number of thioether (sulfide) groups is 1. The molecule has 2 amide bonds. The predicted molar refractivity (Wildman–Crippen MR) is 154 cm³/mol. The van der Waals surface area contributed by atoms with Crippen molar-refractivity contribution >= 4 is 29.4 Å². The number of nitrogens with zero attached hydrogens (tertiary/aromatic N) is 3. The van der Waals surface area contributed by atoms with Gasteiger partial charge in [-0.1, -0.05) is 36.4 Å². The van der Waals surface area contributed by atoms with Crippen molar-refractivity contribution in [1.82, 2.24) is 15.1 Å². The fourth-order valence-electron chi connectivity index (χ4n) is 5.28. The van der Waals surface area contributed by atoms with Crippen LogP contribution in [-0.4, -0.2) is 53.1 Å². The summed E-state index contributed by atoms with van der Waals surface area (Å²) in [4.78, 5) is 28.3. The predicted octanol–water partition coefficient (Wildman–Crippen LogP) is 5.42. The number of anilines is 1. The number of fused-ring (bicyclic) bond motifs is 1. The molecule has 0 aliphatic carbocycles. The van der Waals surface area contributed by atoms with Gasteiger partial charge in [0.2, 0.25) is 11.8 Å². The minimum atomic E-state index is -0.770. The zero-order chi connectivity index (χ0) is 29.2. The average molecular weight is 593 g/mol. The van der Waals surface area contributed by atoms with Crippen LogP contribution in [0.2, 0.25) is 0 Å². The van der Waals surface area contributed by atoms with Gasteiger partial charge in [-0.2, -0.15) is 5.10 Å². The minimum absolute atomic E-state index is 0.0766. The highest BCUT2D eigenvalue weighted by Crippen LogP contribution is 2.49. The van der Waals surface area contributed by atoms with Gasteiger partial charge in [-0.25, -0.2) is 17.9 Å². The highest BCUT2D eigenvalue weighted by Gasteiger charge is 2.38. The number of halogens is 3. The molecule has 3 aromatic carbocycles. The molecule has 2 atom stereocenters. The molecular weight excluding hydrogens is 565 g/mol. The van der Waals surface area contributed by atoms with Crippen molar-refractivity contribution in [2.75, 3.05) is 30.3 Å². The van der Waals surface area contributed by atoms with Crippen LogP contribution in [0.3, 0.4) is 0 Å². The number of benzene rings is 3. The molecule has 1 fully saturated rings. The lowest BCUT2D eigenvalue weighted by molar-refractivity contribution is -0.123. The monoisotopic (exact) mass is 592 g/mol. The Kier molecular flexibility index (Phi) is 8.03. The van der Waals surface area contributed by atoms with E-state index in [1.54, 1.807) is 0 Å². The summed E-state index contributed by atoms with van der Waals surface area (Å²) in [6.45, 7) is 0.642. The summed E-state index contributed by atoms with van der Waals surface area (Å²) in [5.41, 5.74) is 2.25. The lowest BCUT2D eigenvalue weighted by atomic mass is 9.99. The first-order chi connectivity index (χ1) is 20.4. The molecule has 1 N–H and O–H groups in total. The van der Waals surface area contributed by atoms with Crippen LogP contribution in [0.4, 0.5) is 19.0 Å². The third kappa shape index (κ3) is 5.66. The van der Waals surface area contributed by atoms with Crippen molar-refractivity contribution < 1.29 is 27.5 Å². The van der Waals surface area contributed by atoms with Gasteiger partial charge < -0.3 is 10.1 Å². The molecule has 2 aliphatic heterocycles. The number of ether oxygens (including phenoxy) is 1. The summed E-state index contributed by atoms with van der Waals surface area (Å²) in [5, 5.41) is 6.96. The maximum atomic E-state index is 15.3. The number of carbonyl (C=O) groups is 2. The normalized spacial score (nSPS) is 18.5. The van der Waals surface area contributed by atoms with Crippen LogP contribution < -0.4 is 10.2 Å². The molecule has 11 heteroatoms. The highest BCUT2D eigenvalue weighted by molar-refractivity contribution is 8.00. The van der Waals surface area contributed by atoms with Gasteiger partial charge >= 0.3 is 0 Å². The van der Waals surface area contributed by atoms with Gasteiger partial charge in [0.1, 0.15) is 29.8 Å². The standard InChI is InChI=1S/C31H27F3N4O3S/c32-20-8-11-22(12-9-20)38-31-28(29(36-38)19-5-2-1-3-6-19)30(24-13-10-21(33)15-25(24)34)42-18-27(40)37(31)17-26(39)35-16-23-7-4-14-41-23/h1-3,5-6,8-13,15,23,30H,4,7,14,16-18H2,(H,35,39). The van der Waals surface area contributed by atoms with Gasteiger partial charge in [0.05, 0.1) is 28.5 Å². The van der Waals surface area contributed by atoms with E-state index in [4.69, 9.17) is 9.84 Å². The van der Waals surface area contributed by atoms with Crippen LogP contribution in [-0.2, 0) is 14.3 Å². The molecule has 42 heavy (non-hydrogen) atoms. The third-order valence-corrected chi connectivity index (χ3v) is 8.54. The number of nitrogens with one attached hydrogen (secondary N) is 1. The zero-order valence-electron chi connectivity index (χ0n) is 22.4. The van der Waals surface area contributed by atoms with E-state index < -0.39 is 28.6 Å². The molecule has 2 aliphatic rings. The molecule has 3 heterocycles. The van der Waals surface area contributed by atoms with Crippen LogP contribution in [0, 0.1) is 17.5 Å². The Morgan fingerprint density at radius 3 is 2.50 bits per heavy atom. The number of aromatic nitrogens is 2. The second kappa shape index (κ2) is 12.0. The molecule has 0 spiro atoms. The van der Waals surface area contributed by atoms with Crippen LogP contribution >= 0.6 is 11.8 Å². The van der Waals surface area contributed by atoms with Gasteiger partial charge in [0, 0.05) is 35.9 Å². The summed E-state index contributed by atoms with van der Waals surface area (Å²) in [6.07, 6.45) is 1.68. The molecule has 0 radical (unpaired) electrons. The van der Waals surface area contributed by atoms with E-state index in [1.165, 1.54) is 57.7 Å². The summed E-state index contributed by atoms with van der Waals surface area (Å²) >= 11 is 1.17. The van der Waals surface area contributed by atoms with Crippen LogP contribution in [0.15, 0.2) is 72.8 Å². The largest absolute Gasteiger partial charge is 0.376 e. The van der Waals surface area contributed by atoms with Crippen molar-refractivity contribution in [2.24, 2.45) is 0 Å². The summed E-state index contributed by atoms with van der Waals surface area (Å²) in [6, 6.07) is 18.1. The van der Waals surface area contributed by atoms with Gasteiger partial charge in [0.25, 0.3) is 0 Å². The second-order valence-electron chi connectivity index (χ2n) is 10.1. The fourth-order valence-corrected chi connectivity index (χ4v) is 6.50.